The Hall–Kier alpha value is -3.05. The Morgan fingerprint density at radius 1 is 0.958 bits per heavy atom. The molecule has 1 aromatic carbocycles. The Labute approximate surface area is 133 Å². The monoisotopic (exact) mass is 346 g/mol. The van der Waals surface area contributed by atoms with Crippen molar-refractivity contribution in [2.75, 3.05) is 0 Å². The van der Waals surface area contributed by atoms with Gasteiger partial charge in [0.05, 0.1) is 11.7 Å². The Bertz CT molecular complexity index is 630. The maximum absolute atomic E-state index is 11.8. The molecule has 0 aromatic heterocycles. The van der Waals surface area contributed by atoms with Crippen molar-refractivity contribution in [1.29, 1.82) is 0 Å². The average molecular weight is 346 g/mol. The molecule has 1 rings (SSSR count). The standard InChI is InChI=1S/C13H14O11/c14-5-1-4(2-6(15)9(5)17)13(23)24-8(11(19)20)3-7(16)10(18)12(21)22/h1-2,7-8,10,14-18H,3H2,(H,19,20)(H,21,22). The van der Waals surface area contributed by atoms with E-state index in [1.54, 1.807) is 0 Å². The van der Waals surface area contributed by atoms with Gasteiger partial charge in [-0.1, -0.05) is 0 Å². The van der Waals surface area contributed by atoms with Crippen LogP contribution < -0.4 is 0 Å². The van der Waals surface area contributed by atoms with Gasteiger partial charge in [0.15, 0.2) is 23.4 Å². The van der Waals surface area contributed by atoms with Gasteiger partial charge in [-0.2, -0.15) is 0 Å². The molecule has 3 atom stereocenters. The first-order valence-electron chi connectivity index (χ1n) is 6.32. The van der Waals surface area contributed by atoms with Crippen LogP contribution in [0, 0.1) is 0 Å². The van der Waals surface area contributed by atoms with Crippen LogP contribution in [0.3, 0.4) is 0 Å². The van der Waals surface area contributed by atoms with Crippen molar-refractivity contribution >= 4 is 17.9 Å². The van der Waals surface area contributed by atoms with Crippen molar-refractivity contribution < 1.29 is 54.9 Å². The van der Waals surface area contributed by atoms with E-state index < -0.39 is 65.5 Å². The minimum atomic E-state index is -2.28. The van der Waals surface area contributed by atoms with Crippen LogP contribution in [0.25, 0.3) is 0 Å². The normalized spacial score (nSPS) is 14.4. The van der Waals surface area contributed by atoms with E-state index in [9.17, 15) is 29.7 Å². The van der Waals surface area contributed by atoms with Crippen molar-refractivity contribution in [3.63, 3.8) is 0 Å². The predicted octanol–water partition coefficient (Wildman–Crippen LogP) is -1.39. The molecule has 3 unspecified atom stereocenters. The molecule has 1 aromatic rings. The van der Waals surface area contributed by atoms with Crippen LogP contribution in [-0.2, 0) is 14.3 Å². The Kier molecular flexibility index (Phi) is 5.92. The molecule has 0 aliphatic heterocycles. The molecule has 0 aliphatic rings. The van der Waals surface area contributed by atoms with Crippen LogP contribution in [0.1, 0.15) is 16.8 Å². The zero-order valence-corrected chi connectivity index (χ0v) is 11.9. The van der Waals surface area contributed by atoms with Crippen molar-refractivity contribution in [2.45, 2.75) is 24.7 Å². The highest BCUT2D eigenvalue weighted by Crippen LogP contribution is 2.35. The molecule has 0 amide bonds. The van der Waals surface area contributed by atoms with E-state index in [1.807, 2.05) is 0 Å². The topological polar surface area (TPSA) is 202 Å². The van der Waals surface area contributed by atoms with E-state index in [0.717, 1.165) is 0 Å². The predicted molar refractivity (Wildman–Crippen MR) is 72.5 cm³/mol. The number of benzene rings is 1. The molecule has 7 N–H and O–H groups in total. The Balaban J connectivity index is 2.91. The minimum Gasteiger partial charge on any atom is -0.504 e. The van der Waals surface area contributed by atoms with Crippen LogP contribution >= 0.6 is 0 Å². The number of carbonyl (C=O) groups excluding carboxylic acids is 1. The number of hydrogen-bond acceptors (Lipinski definition) is 9. The van der Waals surface area contributed by atoms with Crippen LogP contribution in [0.4, 0.5) is 0 Å². The lowest BCUT2D eigenvalue weighted by Crippen LogP contribution is -2.39. The highest BCUT2D eigenvalue weighted by atomic mass is 16.6. The summed E-state index contributed by atoms with van der Waals surface area (Å²) in [7, 11) is 0. The molecule has 0 spiro atoms. The number of phenols is 3. The molecular formula is C13H14O11. The smallest absolute Gasteiger partial charge is 0.345 e. The number of aliphatic carboxylic acids is 2. The first-order chi connectivity index (χ1) is 11.0. The molecule has 11 nitrogen and oxygen atoms in total. The van der Waals surface area contributed by atoms with Gasteiger partial charge >= 0.3 is 17.9 Å². The fraction of sp³-hybridized carbons (Fsp3) is 0.308. The highest BCUT2D eigenvalue weighted by molar-refractivity contribution is 5.92. The summed E-state index contributed by atoms with van der Waals surface area (Å²) >= 11 is 0. The summed E-state index contributed by atoms with van der Waals surface area (Å²) < 4.78 is 4.54. The van der Waals surface area contributed by atoms with Crippen molar-refractivity contribution in [3.8, 4) is 17.2 Å². The van der Waals surface area contributed by atoms with E-state index in [-0.39, 0.29) is 0 Å². The number of carboxylic acid groups (broad SMARTS) is 2. The third-order valence-corrected chi connectivity index (χ3v) is 2.90. The lowest BCUT2D eigenvalue weighted by molar-refractivity contribution is -0.158. The van der Waals surface area contributed by atoms with Crippen molar-refractivity contribution in [2.24, 2.45) is 0 Å². The van der Waals surface area contributed by atoms with E-state index in [4.69, 9.17) is 20.4 Å². The summed E-state index contributed by atoms with van der Waals surface area (Å²) in [4.78, 5) is 33.3. The fourth-order valence-electron chi connectivity index (χ4n) is 1.63. The van der Waals surface area contributed by atoms with Crippen molar-refractivity contribution in [1.82, 2.24) is 0 Å². The van der Waals surface area contributed by atoms with Gasteiger partial charge in [0.1, 0.15) is 0 Å². The molecule has 11 heteroatoms. The number of esters is 1. The van der Waals surface area contributed by atoms with Gasteiger partial charge in [-0.15, -0.1) is 0 Å². The Morgan fingerprint density at radius 3 is 1.88 bits per heavy atom. The van der Waals surface area contributed by atoms with Crippen LogP contribution in [0.5, 0.6) is 17.2 Å². The van der Waals surface area contributed by atoms with Gasteiger partial charge < -0.3 is 40.5 Å². The van der Waals surface area contributed by atoms with Gasteiger partial charge in [0, 0.05) is 6.42 Å². The van der Waals surface area contributed by atoms with Gasteiger partial charge in [-0.25, -0.2) is 14.4 Å². The lowest BCUT2D eigenvalue weighted by Gasteiger charge is -2.19. The quantitative estimate of drug-likeness (QED) is 0.226. The number of ether oxygens (including phenoxy) is 1. The van der Waals surface area contributed by atoms with E-state index >= 15 is 0 Å². The summed E-state index contributed by atoms with van der Waals surface area (Å²) in [6.45, 7) is 0. The summed E-state index contributed by atoms with van der Waals surface area (Å²) in [6, 6.07) is 1.39. The van der Waals surface area contributed by atoms with Gasteiger partial charge in [-0.3, -0.25) is 0 Å². The SMILES string of the molecule is O=C(OC(CC(O)C(O)C(=O)O)C(=O)O)c1cc(O)c(O)c(O)c1. The number of aliphatic hydroxyl groups excluding tert-OH is 2. The molecule has 0 saturated carbocycles. The highest BCUT2D eigenvalue weighted by Gasteiger charge is 2.32. The van der Waals surface area contributed by atoms with Gasteiger partial charge in [0.25, 0.3) is 0 Å². The van der Waals surface area contributed by atoms with Gasteiger partial charge in [0.2, 0.25) is 6.10 Å². The largest absolute Gasteiger partial charge is 0.504 e. The maximum Gasteiger partial charge on any atom is 0.345 e. The molecular weight excluding hydrogens is 332 g/mol. The summed E-state index contributed by atoms with van der Waals surface area (Å²) in [5, 5.41) is 63.7. The zero-order valence-electron chi connectivity index (χ0n) is 11.9. The van der Waals surface area contributed by atoms with E-state index in [0.29, 0.717) is 12.1 Å². The minimum absolute atomic E-state index is 0.512. The molecule has 0 bridgehead atoms. The molecule has 0 fully saturated rings. The molecule has 0 aliphatic carbocycles. The number of hydrogen-bond donors (Lipinski definition) is 7. The Morgan fingerprint density at radius 2 is 1.46 bits per heavy atom. The van der Waals surface area contributed by atoms with E-state index in [2.05, 4.69) is 4.74 Å². The van der Waals surface area contributed by atoms with Crippen LogP contribution in [0.15, 0.2) is 12.1 Å². The first-order valence-corrected chi connectivity index (χ1v) is 6.32. The number of phenolic OH excluding ortho intramolecular Hbond substituents is 3. The second-order valence-electron chi connectivity index (χ2n) is 4.68. The lowest BCUT2D eigenvalue weighted by atomic mass is 10.1. The number of aliphatic hydroxyl groups is 2. The van der Waals surface area contributed by atoms with Crippen LogP contribution in [0.2, 0.25) is 0 Å². The third kappa shape index (κ3) is 4.47. The van der Waals surface area contributed by atoms with Crippen LogP contribution in [-0.4, -0.2) is 72.0 Å². The second kappa shape index (κ2) is 7.48. The molecule has 24 heavy (non-hydrogen) atoms. The first kappa shape index (κ1) is 19.0. The summed E-state index contributed by atoms with van der Waals surface area (Å²) in [5.41, 5.74) is -0.512. The number of carbonyl (C=O) groups is 3. The maximum atomic E-state index is 11.8. The molecule has 0 radical (unpaired) electrons. The second-order valence-corrected chi connectivity index (χ2v) is 4.68. The fourth-order valence-corrected chi connectivity index (χ4v) is 1.63. The summed E-state index contributed by atoms with van der Waals surface area (Å²) in [6.07, 6.45) is -7.25. The van der Waals surface area contributed by atoms with Crippen molar-refractivity contribution in [3.05, 3.63) is 17.7 Å². The number of rotatable bonds is 7. The molecule has 0 saturated heterocycles. The molecule has 132 valence electrons. The summed E-state index contributed by atoms with van der Waals surface area (Å²) in [5.74, 6) is -7.50. The van der Waals surface area contributed by atoms with Gasteiger partial charge in [-0.05, 0) is 12.1 Å². The molecule has 0 heterocycles. The number of carboxylic acids is 2. The third-order valence-electron chi connectivity index (χ3n) is 2.90. The van der Waals surface area contributed by atoms with E-state index in [1.165, 1.54) is 0 Å². The zero-order chi connectivity index (χ0) is 18.6. The average Bonchev–Trinajstić information content (AvgIpc) is 2.49. The number of aromatic hydroxyl groups is 3.